The van der Waals surface area contributed by atoms with E-state index in [0.29, 0.717) is 12.4 Å². The van der Waals surface area contributed by atoms with Gasteiger partial charge in [0.1, 0.15) is 5.75 Å². The number of esters is 1. The van der Waals surface area contributed by atoms with Crippen molar-refractivity contribution in [2.24, 2.45) is 0 Å². The van der Waals surface area contributed by atoms with Crippen LogP contribution in [0.25, 0.3) is 21.9 Å². The maximum atomic E-state index is 11.7. The van der Waals surface area contributed by atoms with E-state index in [4.69, 9.17) is 9.47 Å². The van der Waals surface area contributed by atoms with Gasteiger partial charge < -0.3 is 9.47 Å². The molecule has 0 saturated carbocycles. The van der Waals surface area contributed by atoms with Crippen molar-refractivity contribution in [3.05, 3.63) is 63.5 Å². The van der Waals surface area contributed by atoms with Crippen LogP contribution in [0.4, 0.5) is 0 Å². The molecule has 0 bridgehead atoms. The molecular weight excluding hydrogens is 448 g/mol. The van der Waals surface area contributed by atoms with Crippen molar-refractivity contribution in [2.75, 3.05) is 13.2 Å². The van der Waals surface area contributed by atoms with Crippen molar-refractivity contribution < 1.29 is 14.3 Å². The average Bonchev–Trinajstić information content (AvgIpc) is 2.63. The maximum absolute atomic E-state index is 11.7. The number of benzene rings is 3. The first kappa shape index (κ1) is 18.0. The molecule has 0 unspecified atom stereocenters. The Balaban J connectivity index is 2.14. The van der Waals surface area contributed by atoms with Gasteiger partial charge in [-0.25, -0.2) is 4.79 Å². The van der Waals surface area contributed by atoms with Gasteiger partial charge in [0.2, 0.25) is 0 Å². The molecule has 0 aliphatic carbocycles. The first-order valence-corrected chi connectivity index (χ1v) is 9.45. The summed E-state index contributed by atoms with van der Waals surface area (Å²) in [6.45, 7) is 1.97. The molecule has 0 aliphatic heterocycles. The third-order valence-electron chi connectivity index (χ3n) is 3.75. The summed E-state index contributed by atoms with van der Waals surface area (Å²) in [6, 6.07) is 18.1. The summed E-state index contributed by atoms with van der Waals surface area (Å²) in [5.74, 6) is 0.233. The normalized spacial score (nSPS) is 10.7. The minimum atomic E-state index is -0.387. The van der Waals surface area contributed by atoms with E-state index < -0.39 is 0 Å². The molecule has 128 valence electrons. The molecule has 5 heteroatoms. The second-order valence-corrected chi connectivity index (χ2v) is 6.92. The van der Waals surface area contributed by atoms with E-state index in [1.165, 1.54) is 0 Å². The highest BCUT2D eigenvalue weighted by atomic mass is 79.9. The summed E-state index contributed by atoms with van der Waals surface area (Å²) in [5.41, 5.74) is 2.18. The molecule has 0 fully saturated rings. The lowest BCUT2D eigenvalue weighted by molar-refractivity contribution is -0.145. The van der Waals surface area contributed by atoms with Crippen LogP contribution in [0.1, 0.15) is 6.92 Å². The van der Waals surface area contributed by atoms with Gasteiger partial charge in [0.15, 0.2) is 6.61 Å². The molecule has 0 radical (unpaired) electrons. The second kappa shape index (κ2) is 8.02. The van der Waals surface area contributed by atoms with E-state index in [1.54, 1.807) is 6.92 Å². The van der Waals surface area contributed by atoms with Gasteiger partial charge in [-0.1, -0.05) is 54.6 Å². The van der Waals surface area contributed by atoms with E-state index in [0.717, 1.165) is 30.8 Å². The van der Waals surface area contributed by atoms with Crippen LogP contribution >= 0.6 is 31.9 Å². The van der Waals surface area contributed by atoms with Crippen molar-refractivity contribution in [2.45, 2.75) is 6.92 Å². The molecule has 0 saturated heterocycles. The summed E-state index contributed by atoms with van der Waals surface area (Å²) < 4.78 is 12.4. The molecule has 0 amide bonds. The molecule has 0 atom stereocenters. The van der Waals surface area contributed by atoms with Crippen LogP contribution in [0.2, 0.25) is 0 Å². The topological polar surface area (TPSA) is 35.5 Å². The average molecular weight is 464 g/mol. The van der Waals surface area contributed by atoms with E-state index in [2.05, 4.69) is 44.0 Å². The highest BCUT2D eigenvalue weighted by Crippen LogP contribution is 2.46. The lowest BCUT2D eigenvalue weighted by atomic mass is 9.97. The fourth-order valence-electron chi connectivity index (χ4n) is 2.71. The molecule has 0 N–H and O–H groups in total. The summed E-state index contributed by atoms with van der Waals surface area (Å²) in [4.78, 5) is 11.7. The SMILES string of the molecule is CCOC(=O)COc1c(Br)c(Br)c(-c2ccccc2)c2ccccc12. The lowest BCUT2D eigenvalue weighted by Gasteiger charge is -2.17. The van der Waals surface area contributed by atoms with Crippen LogP contribution in [0.5, 0.6) is 5.75 Å². The van der Waals surface area contributed by atoms with Crippen LogP contribution in [0.3, 0.4) is 0 Å². The van der Waals surface area contributed by atoms with Gasteiger partial charge in [-0.3, -0.25) is 0 Å². The molecular formula is C20H16Br2O3. The Morgan fingerprint density at radius 1 is 0.920 bits per heavy atom. The largest absolute Gasteiger partial charge is 0.480 e. The molecule has 0 heterocycles. The number of carbonyl (C=O) groups excluding carboxylic acids is 1. The molecule has 3 nitrogen and oxygen atoms in total. The minimum absolute atomic E-state index is 0.131. The number of hydrogen-bond donors (Lipinski definition) is 0. The first-order valence-electron chi connectivity index (χ1n) is 7.87. The lowest BCUT2D eigenvalue weighted by Crippen LogP contribution is -2.15. The Labute approximate surface area is 163 Å². The Hall–Kier alpha value is -1.85. The van der Waals surface area contributed by atoms with Crippen molar-refractivity contribution in [3.63, 3.8) is 0 Å². The molecule has 25 heavy (non-hydrogen) atoms. The van der Waals surface area contributed by atoms with Crippen LogP contribution < -0.4 is 4.74 Å². The van der Waals surface area contributed by atoms with Crippen molar-refractivity contribution in [3.8, 4) is 16.9 Å². The minimum Gasteiger partial charge on any atom is -0.480 e. The van der Waals surface area contributed by atoms with Gasteiger partial charge in [-0.2, -0.15) is 0 Å². The maximum Gasteiger partial charge on any atom is 0.344 e. The Morgan fingerprint density at radius 2 is 1.56 bits per heavy atom. The van der Waals surface area contributed by atoms with Gasteiger partial charge >= 0.3 is 5.97 Å². The fourth-order valence-corrected chi connectivity index (χ4v) is 3.86. The van der Waals surface area contributed by atoms with Crippen LogP contribution in [0, 0.1) is 0 Å². The zero-order valence-electron chi connectivity index (χ0n) is 13.6. The van der Waals surface area contributed by atoms with E-state index in [9.17, 15) is 4.79 Å². The van der Waals surface area contributed by atoms with Crippen LogP contribution in [-0.2, 0) is 9.53 Å². The van der Waals surface area contributed by atoms with Gasteiger partial charge in [-0.05, 0) is 49.7 Å². The van der Waals surface area contributed by atoms with E-state index in [1.807, 2.05) is 42.5 Å². The first-order chi connectivity index (χ1) is 12.1. The van der Waals surface area contributed by atoms with Gasteiger partial charge in [-0.15, -0.1) is 0 Å². The third kappa shape index (κ3) is 3.72. The predicted molar refractivity (Wildman–Crippen MR) is 107 cm³/mol. The molecule has 3 aromatic carbocycles. The highest BCUT2D eigenvalue weighted by Gasteiger charge is 2.19. The highest BCUT2D eigenvalue weighted by molar-refractivity contribution is 9.13. The standard InChI is InChI=1S/C20H16Br2O3/c1-2-24-16(23)12-25-20-15-11-7-6-10-14(15)17(18(21)19(20)22)13-8-4-3-5-9-13/h3-11H,2,12H2,1H3. The van der Waals surface area contributed by atoms with Crippen molar-refractivity contribution in [1.29, 1.82) is 0 Å². The van der Waals surface area contributed by atoms with E-state index >= 15 is 0 Å². The van der Waals surface area contributed by atoms with Crippen LogP contribution in [-0.4, -0.2) is 19.2 Å². The summed E-state index contributed by atoms with van der Waals surface area (Å²) in [6.07, 6.45) is 0. The molecule has 0 spiro atoms. The zero-order chi connectivity index (χ0) is 17.8. The predicted octanol–water partition coefficient (Wildman–Crippen LogP) is 5.97. The Morgan fingerprint density at radius 3 is 2.24 bits per heavy atom. The number of ether oxygens (including phenoxy) is 2. The van der Waals surface area contributed by atoms with Crippen molar-refractivity contribution >= 4 is 48.6 Å². The second-order valence-electron chi connectivity index (χ2n) is 5.34. The van der Waals surface area contributed by atoms with Gasteiger partial charge in [0, 0.05) is 15.4 Å². The number of carbonyl (C=O) groups is 1. The summed E-state index contributed by atoms with van der Waals surface area (Å²) in [5, 5.41) is 1.98. The van der Waals surface area contributed by atoms with E-state index in [-0.39, 0.29) is 12.6 Å². The number of fused-ring (bicyclic) bond motifs is 1. The Bertz CT molecular complexity index is 908. The number of hydrogen-bond acceptors (Lipinski definition) is 3. The third-order valence-corrected chi connectivity index (χ3v) is 5.84. The fraction of sp³-hybridized carbons (Fsp3) is 0.150. The molecule has 0 aliphatic rings. The van der Waals surface area contributed by atoms with Crippen molar-refractivity contribution in [1.82, 2.24) is 0 Å². The number of halogens is 2. The number of rotatable bonds is 5. The summed E-state index contributed by atoms with van der Waals surface area (Å²) >= 11 is 7.30. The van der Waals surface area contributed by atoms with Gasteiger partial charge in [0.25, 0.3) is 0 Å². The van der Waals surface area contributed by atoms with Gasteiger partial charge in [0.05, 0.1) is 11.1 Å². The Kier molecular flexibility index (Phi) is 5.76. The van der Waals surface area contributed by atoms with Crippen LogP contribution in [0.15, 0.2) is 63.5 Å². The monoisotopic (exact) mass is 462 g/mol. The molecule has 3 aromatic rings. The molecule has 0 aromatic heterocycles. The summed E-state index contributed by atoms with van der Waals surface area (Å²) in [7, 11) is 0. The smallest absolute Gasteiger partial charge is 0.344 e. The molecule has 3 rings (SSSR count). The zero-order valence-corrected chi connectivity index (χ0v) is 16.8. The quantitative estimate of drug-likeness (QED) is 0.437.